The molecule has 2 aromatic rings. The highest BCUT2D eigenvalue weighted by molar-refractivity contribution is 7.89. The molecular weight excluding hydrogens is 496 g/mol. The predicted molar refractivity (Wildman–Crippen MR) is 138 cm³/mol. The number of ether oxygens (including phenoxy) is 2. The number of alkyl carbamates (subject to hydrolysis) is 1. The lowest BCUT2D eigenvalue weighted by molar-refractivity contribution is 0.0641. The van der Waals surface area contributed by atoms with Crippen LogP contribution >= 0.6 is 0 Å². The number of nitrogens with one attached hydrogen (secondary N) is 1. The van der Waals surface area contributed by atoms with Gasteiger partial charge in [0.1, 0.15) is 11.9 Å². The summed E-state index contributed by atoms with van der Waals surface area (Å²) in [5, 5.41) is 23.7. The van der Waals surface area contributed by atoms with Crippen LogP contribution in [-0.2, 0) is 25.9 Å². The van der Waals surface area contributed by atoms with Gasteiger partial charge in [0.2, 0.25) is 10.0 Å². The molecule has 202 valence electrons. The highest BCUT2D eigenvalue weighted by atomic mass is 32.2. The van der Waals surface area contributed by atoms with Crippen molar-refractivity contribution in [3.05, 3.63) is 60.2 Å². The molecule has 10 heteroatoms. The number of hydrogen-bond acceptors (Lipinski definition) is 7. The maximum atomic E-state index is 13.6. The highest BCUT2D eigenvalue weighted by Gasteiger charge is 2.33. The van der Waals surface area contributed by atoms with Gasteiger partial charge in [-0.05, 0) is 55.0 Å². The minimum atomic E-state index is -3.95. The number of aliphatic hydroxyl groups excluding tert-OH is 1. The number of phenols is 1. The molecule has 9 nitrogen and oxygen atoms in total. The normalized spacial score (nSPS) is 20.1. The molecule has 1 aliphatic heterocycles. The molecule has 2 aliphatic rings. The fraction of sp³-hybridized carbons (Fsp3) is 0.519. The van der Waals surface area contributed by atoms with Gasteiger partial charge in [-0.3, -0.25) is 0 Å². The zero-order valence-corrected chi connectivity index (χ0v) is 21.7. The fourth-order valence-electron chi connectivity index (χ4n) is 4.95. The van der Waals surface area contributed by atoms with E-state index in [1.165, 1.54) is 28.6 Å². The van der Waals surface area contributed by atoms with Gasteiger partial charge < -0.3 is 25.0 Å². The maximum Gasteiger partial charge on any atom is 0.407 e. The number of rotatable bonds is 11. The quantitative estimate of drug-likeness (QED) is 0.406. The Labute approximate surface area is 218 Å². The molecule has 3 N–H and O–H groups in total. The lowest BCUT2D eigenvalue weighted by atomic mass is 10.0. The van der Waals surface area contributed by atoms with Crippen LogP contribution < -0.4 is 5.32 Å². The van der Waals surface area contributed by atoms with Gasteiger partial charge in [0.25, 0.3) is 0 Å². The van der Waals surface area contributed by atoms with Crippen molar-refractivity contribution in [2.75, 3.05) is 26.3 Å². The Hall–Kier alpha value is -2.66. The van der Waals surface area contributed by atoms with Crippen LogP contribution in [0.1, 0.15) is 37.7 Å². The van der Waals surface area contributed by atoms with Crippen molar-refractivity contribution in [3.8, 4) is 5.75 Å². The molecule has 1 heterocycles. The second kappa shape index (κ2) is 12.7. The minimum Gasteiger partial charge on any atom is -0.508 e. The first-order chi connectivity index (χ1) is 17.8. The van der Waals surface area contributed by atoms with Gasteiger partial charge >= 0.3 is 6.09 Å². The van der Waals surface area contributed by atoms with E-state index in [1.54, 1.807) is 0 Å². The summed E-state index contributed by atoms with van der Waals surface area (Å²) < 4.78 is 39.2. The van der Waals surface area contributed by atoms with Gasteiger partial charge in [0.05, 0.1) is 30.3 Å². The van der Waals surface area contributed by atoms with E-state index in [-0.39, 0.29) is 35.8 Å². The number of hydrogen-bond donors (Lipinski definition) is 3. The Morgan fingerprint density at radius 2 is 1.78 bits per heavy atom. The first kappa shape index (κ1) is 27.4. The SMILES string of the molecule is O=C(N[C@@H](Cc1ccccc1)[C@H](O)CN(CC1CCCC1)S(=O)(=O)c1ccc(O)cc1)O[C@@H]1CCOC1. The van der Waals surface area contributed by atoms with Gasteiger partial charge in [-0.25, -0.2) is 13.2 Å². The van der Waals surface area contributed by atoms with E-state index in [9.17, 15) is 23.4 Å². The Morgan fingerprint density at radius 1 is 1.08 bits per heavy atom. The topological polar surface area (TPSA) is 125 Å². The number of phenolic OH excluding ortho intramolecular Hbond substituents is 1. The number of sulfonamides is 1. The summed E-state index contributed by atoms with van der Waals surface area (Å²) in [5.74, 6) is 0.173. The van der Waals surface area contributed by atoms with Crippen molar-refractivity contribution in [2.45, 2.75) is 61.7 Å². The molecule has 2 fully saturated rings. The van der Waals surface area contributed by atoms with Gasteiger partial charge in [0.15, 0.2) is 0 Å². The van der Waals surface area contributed by atoms with Gasteiger partial charge in [0, 0.05) is 19.5 Å². The Morgan fingerprint density at radius 3 is 2.43 bits per heavy atom. The molecule has 37 heavy (non-hydrogen) atoms. The van der Waals surface area contributed by atoms with E-state index in [0.29, 0.717) is 26.1 Å². The van der Waals surface area contributed by atoms with Crippen LogP contribution in [0.15, 0.2) is 59.5 Å². The van der Waals surface area contributed by atoms with Crippen LogP contribution in [0.5, 0.6) is 5.75 Å². The number of carbonyl (C=O) groups excluding carboxylic acids is 1. The summed E-state index contributed by atoms with van der Waals surface area (Å²) in [5.41, 5.74) is 0.889. The lowest BCUT2D eigenvalue weighted by Gasteiger charge is -2.31. The fourth-order valence-corrected chi connectivity index (χ4v) is 6.48. The average molecular weight is 533 g/mol. The third-order valence-electron chi connectivity index (χ3n) is 7.03. The summed E-state index contributed by atoms with van der Waals surface area (Å²) in [4.78, 5) is 12.7. The number of aromatic hydroxyl groups is 1. The number of aliphatic hydroxyl groups is 1. The predicted octanol–water partition coefficient (Wildman–Crippen LogP) is 3.06. The second-order valence-electron chi connectivity index (χ2n) is 9.87. The zero-order valence-electron chi connectivity index (χ0n) is 20.9. The van der Waals surface area contributed by atoms with E-state index in [1.807, 2.05) is 30.3 Å². The lowest BCUT2D eigenvalue weighted by Crippen LogP contribution is -2.51. The van der Waals surface area contributed by atoms with E-state index >= 15 is 0 Å². The number of carbonyl (C=O) groups is 1. The summed E-state index contributed by atoms with van der Waals surface area (Å²) in [6.45, 7) is 0.949. The third-order valence-corrected chi connectivity index (χ3v) is 8.88. The molecule has 3 atom stereocenters. The third kappa shape index (κ3) is 7.67. The summed E-state index contributed by atoms with van der Waals surface area (Å²) in [6, 6.07) is 14.0. The molecule has 0 spiro atoms. The molecule has 4 rings (SSSR count). The second-order valence-corrected chi connectivity index (χ2v) is 11.8. The molecule has 0 radical (unpaired) electrons. The number of benzene rings is 2. The zero-order chi connectivity index (χ0) is 26.3. The molecule has 1 saturated heterocycles. The first-order valence-corrected chi connectivity index (χ1v) is 14.3. The van der Waals surface area contributed by atoms with Crippen molar-refractivity contribution in [3.63, 3.8) is 0 Å². The molecule has 1 aliphatic carbocycles. The van der Waals surface area contributed by atoms with Crippen LogP contribution in [0.2, 0.25) is 0 Å². The van der Waals surface area contributed by atoms with Gasteiger partial charge in [-0.1, -0.05) is 43.2 Å². The molecule has 2 aromatic carbocycles. The van der Waals surface area contributed by atoms with Gasteiger partial charge in [-0.15, -0.1) is 0 Å². The van der Waals surface area contributed by atoms with E-state index in [2.05, 4.69) is 5.32 Å². The van der Waals surface area contributed by atoms with Crippen molar-refractivity contribution in [1.29, 1.82) is 0 Å². The Bertz CT molecular complexity index is 1100. The summed E-state index contributed by atoms with van der Waals surface area (Å²) >= 11 is 0. The van der Waals surface area contributed by atoms with Crippen LogP contribution in [0.25, 0.3) is 0 Å². The maximum absolute atomic E-state index is 13.6. The standard InChI is InChI=1S/C27H36N2O7S/c30-22-10-12-24(13-11-22)37(33,34)29(17-21-8-4-5-9-21)18-26(31)25(16-20-6-2-1-3-7-20)28-27(32)36-23-14-15-35-19-23/h1-3,6-7,10-13,21,23,25-26,30-31H,4-5,8-9,14-19H2,(H,28,32)/t23-,25+,26-/m1/s1. The Kier molecular flexibility index (Phi) is 9.42. The van der Waals surface area contributed by atoms with E-state index in [0.717, 1.165) is 31.2 Å². The van der Waals surface area contributed by atoms with Crippen LogP contribution in [-0.4, -0.2) is 73.6 Å². The van der Waals surface area contributed by atoms with Crippen LogP contribution in [0.4, 0.5) is 4.79 Å². The molecule has 0 aromatic heterocycles. The van der Waals surface area contributed by atoms with E-state index in [4.69, 9.17) is 9.47 Å². The van der Waals surface area contributed by atoms with Crippen molar-refractivity contribution < 1.29 is 32.9 Å². The summed E-state index contributed by atoms with van der Waals surface area (Å²) in [6.07, 6.45) is 2.67. The minimum absolute atomic E-state index is 0.0281. The summed E-state index contributed by atoms with van der Waals surface area (Å²) in [7, 11) is -3.95. The van der Waals surface area contributed by atoms with Crippen molar-refractivity contribution in [2.24, 2.45) is 5.92 Å². The molecule has 0 unspecified atom stereocenters. The first-order valence-electron chi connectivity index (χ1n) is 12.9. The van der Waals surface area contributed by atoms with Crippen LogP contribution in [0, 0.1) is 5.92 Å². The highest BCUT2D eigenvalue weighted by Crippen LogP contribution is 2.28. The van der Waals surface area contributed by atoms with Crippen molar-refractivity contribution in [1.82, 2.24) is 9.62 Å². The molecule has 0 bridgehead atoms. The van der Waals surface area contributed by atoms with Crippen molar-refractivity contribution >= 4 is 16.1 Å². The largest absolute Gasteiger partial charge is 0.508 e. The van der Waals surface area contributed by atoms with Gasteiger partial charge in [-0.2, -0.15) is 4.31 Å². The molecular formula is C27H36N2O7S. The monoisotopic (exact) mass is 532 g/mol. The smallest absolute Gasteiger partial charge is 0.407 e. The molecule has 1 amide bonds. The molecule has 1 saturated carbocycles. The van der Waals surface area contributed by atoms with E-state index < -0.39 is 28.3 Å². The number of amides is 1. The average Bonchev–Trinajstić information content (AvgIpc) is 3.58. The number of nitrogens with zero attached hydrogens (tertiary/aromatic N) is 1. The van der Waals surface area contributed by atoms with Crippen LogP contribution in [0.3, 0.4) is 0 Å². The Balaban J connectivity index is 1.53.